The molecule has 1 aromatic rings. The number of rotatable bonds is 2. The summed E-state index contributed by atoms with van der Waals surface area (Å²) in [6, 6.07) is 0. The summed E-state index contributed by atoms with van der Waals surface area (Å²) in [4.78, 5) is 23.8. The van der Waals surface area contributed by atoms with Crippen molar-refractivity contribution in [2.24, 2.45) is 5.92 Å². The third-order valence-electron chi connectivity index (χ3n) is 3.16. The van der Waals surface area contributed by atoms with Gasteiger partial charge in [0.2, 0.25) is 5.91 Å². The number of amides is 1. The first kappa shape index (κ1) is 13.1. The number of carbonyl (C=O) groups is 1. The van der Waals surface area contributed by atoms with E-state index in [1.807, 2.05) is 0 Å². The summed E-state index contributed by atoms with van der Waals surface area (Å²) in [5.41, 5.74) is 0. The largest absolute Gasteiger partial charge is 0.354 e. The van der Waals surface area contributed by atoms with Crippen LogP contribution in [-0.2, 0) is 4.79 Å². The van der Waals surface area contributed by atoms with E-state index in [4.69, 9.17) is 11.6 Å². The second kappa shape index (κ2) is 5.52. The lowest BCUT2D eigenvalue weighted by atomic mass is 9.97. The van der Waals surface area contributed by atoms with Gasteiger partial charge in [0, 0.05) is 27.2 Å². The number of hydrogen-bond acceptors (Lipinski definition) is 4. The number of anilines is 1. The Bertz CT molecular complexity index is 438. The second-order valence-corrected chi connectivity index (χ2v) is 5.12. The molecule has 1 fully saturated rings. The van der Waals surface area contributed by atoms with Crippen LogP contribution in [0.4, 0.5) is 5.82 Å². The van der Waals surface area contributed by atoms with Gasteiger partial charge in [-0.15, -0.1) is 0 Å². The Hall–Kier alpha value is -1.36. The van der Waals surface area contributed by atoms with Crippen LogP contribution in [0, 0.1) is 5.92 Å². The molecule has 0 N–H and O–H groups in total. The van der Waals surface area contributed by atoms with Crippen LogP contribution in [0.15, 0.2) is 12.5 Å². The molecule has 1 amide bonds. The van der Waals surface area contributed by atoms with Crippen LogP contribution in [-0.4, -0.2) is 48.0 Å². The topological polar surface area (TPSA) is 49.3 Å². The molecule has 0 bridgehead atoms. The number of aromatic nitrogens is 2. The molecule has 2 heterocycles. The van der Waals surface area contributed by atoms with Crippen LogP contribution >= 0.6 is 11.6 Å². The molecule has 18 heavy (non-hydrogen) atoms. The highest BCUT2D eigenvalue weighted by molar-refractivity contribution is 6.32. The molecule has 0 saturated carbocycles. The standard InChI is InChI=1S/C12H17ClN4O/c1-16(2)12(18)9-4-3-5-17(7-9)11-10(13)6-14-8-15-11/h6,8-9H,3-5,7H2,1-2H3. The van der Waals surface area contributed by atoms with Crippen molar-refractivity contribution in [3.63, 3.8) is 0 Å². The van der Waals surface area contributed by atoms with Crippen LogP contribution in [0.5, 0.6) is 0 Å². The first-order valence-corrected chi connectivity index (χ1v) is 6.39. The number of halogens is 1. The fourth-order valence-electron chi connectivity index (χ4n) is 2.28. The van der Waals surface area contributed by atoms with Crippen molar-refractivity contribution < 1.29 is 4.79 Å². The predicted molar refractivity (Wildman–Crippen MR) is 70.7 cm³/mol. The minimum Gasteiger partial charge on any atom is -0.354 e. The SMILES string of the molecule is CN(C)C(=O)C1CCCN(c2ncncc2Cl)C1. The van der Waals surface area contributed by atoms with Crippen molar-refractivity contribution in [3.8, 4) is 0 Å². The zero-order chi connectivity index (χ0) is 13.1. The molecule has 6 heteroatoms. The number of nitrogens with zero attached hydrogens (tertiary/aromatic N) is 4. The van der Waals surface area contributed by atoms with E-state index in [1.165, 1.54) is 6.33 Å². The van der Waals surface area contributed by atoms with Gasteiger partial charge >= 0.3 is 0 Å². The van der Waals surface area contributed by atoms with Gasteiger partial charge in [-0.05, 0) is 12.8 Å². The molecule has 0 aromatic carbocycles. The zero-order valence-corrected chi connectivity index (χ0v) is 11.4. The van der Waals surface area contributed by atoms with E-state index < -0.39 is 0 Å². The normalized spacial score (nSPS) is 19.7. The fraction of sp³-hybridized carbons (Fsp3) is 0.583. The highest BCUT2D eigenvalue weighted by atomic mass is 35.5. The van der Waals surface area contributed by atoms with E-state index in [1.54, 1.807) is 25.2 Å². The molecule has 1 aliphatic rings. The van der Waals surface area contributed by atoms with Gasteiger partial charge < -0.3 is 9.80 Å². The summed E-state index contributed by atoms with van der Waals surface area (Å²) in [5.74, 6) is 0.924. The van der Waals surface area contributed by atoms with Crippen molar-refractivity contribution in [1.82, 2.24) is 14.9 Å². The molecule has 0 spiro atoms. The molecule has 0 radical (unpaired) electrons. The van der Waals surface area contributed by atoms with Gasteiger partial charge in [-0.25, -0.2) is 9.97 Å². The minimum atomic E-state index is 0.0276. The van der Waals surface area contributed by atoms with Crippen molar-refractivity contribution in [2.45, 2.75) is 12.8 Å². The Morgan fingerprint density at radius 3 is 3.00 bits per heavy atom. The van der Waals surface area contributed by atoms with Gasteiger partial charge in [0.05, 0.1) is 12.1 Å². The summed E-state index contributed by atoms with van der Waals surface area (Å²) in [6.45, 7) is 1.56. The van der Waals surface area contributed by atoms with Gasteiger partial charge in [0.15, 0.2) is 5.82 Å². The van der Waals surface area contributed by atoms with Crippen LogP contribution in [0.1, 0.15) is 12.8 Å². The third kappa shape index (κ3) is 2.72. The average molecular weight is 269 g/mol. The lowest BCUT2D eigenvalue weighted by Crippen LogP contribution is -2.43. The molecule has 5 nitrogen and oxygen atoms in total. The van der Waals surface area contributed by atoms with Gasteiger partial charge in [0.1, 0.15) is 11.3 Å². The first-order chi connectivity index (χ1) is 8.59. The molecular formula is C12H17ClN4O. The van der Waals surface area contributed by atoms with Crippen molar-refractivity contribution in [3.05, 3.63) is 17.5 Å². The average Bonchev–Trinajstić information content (AvgIpc) is 2.38. The summed E-state index contributed by atoms with van der Waals surface area (Å²) in [7, 11) is 3.58. The van der Waals surface area contributed by atoms with Crippen LogP contribution < -0.4 is 4.90 Å². The molecule has 1 aromatic heterocycles. The van der Waals surface area contributed by atoms with E-state index in [0.717, 1.165) is 25.2 Å². The van der Waals surface area contributed by atoms with E-state index in [0.29, 0.717) is 11.6 Å². The molecule has 2 rings (SSSR count). The number of carbonyl (C=O) groups excluding carboxylic acids is 1. The molecular weight excluding hydrogens is 252 g/mol. The Labute approximate surface area is 112 Å². The van der Waals surface area contributed by atoms with Gasteiger partial charge in [-0.1, -0.05) is 11.6 Å². The van der Waals surface area contributed by atoms with Crippen molar-refractivity contribution in [1.29, 1.82) is 0 Å². The van der Waals surface area contributed by atoms with Crippen LogP contribution in [0.3, 0.4) is 0 Å². The molecule has 1 unspecified atom stereocenters. The summed E-state index contributed by atoms with van der Waals surface area (Å²) >= 11 is 6.09. The van der Waals surface area contributed by atoms with Crippen LogP contribution in [0.2, 0.25) is 5.02 Å². The van der Waals surface area contributed by atoms with Crippen molar-refractivity contribution >= 4 is 23.3 Å². The smallest absolute Gasteiger partial charge is 0.226 e. The van der Waals surface area contributed by atoms with E-state index in [-0.39, 0.29) is 11.8 Å². The van der Waals surface area contributed by atoms with E-state index in [9.17, 15) is 4.79 Å². The summed E-state index contributed by atoms with van der Waals surface area (Å²) in [5, 5.41) is 0.537. The van der Waals surface area contributed by atoms with Crippen LogP contribution in [0.25, 0.3) is 0 Å². The van der Waals surface area contributed by atoms with Gasteiger partial charge in [-0.2, -0.15) is 0 Å². The number of piperidine rings is 1. The fourth-order valence-corrected chi connectivity index (χ4v) is 2.50. The monoisotopic (exact) mass is 268 g/mol. The quantitative estimate of drug-likeness (QED) is 0.814. The Kier molecular flexibility index (Phi) is 4.01. The van der Waals surface area contributed by atoms with Gasteiger partial charge in [0.25, 0.3) is 0 Å². The zero-order valence-electron chi connectivity index (χ0n) is 10.6. The van der Waals surface area contributed by atoms with Gasteiger partial charge in [-0.3, -0.25) is 4.79 Å². The molecule has 1 atom stereocenters. The predicted octanol–water partition coefficient (Wildman–Crippen LogP) is 1.43. The Morgan fingerprint density at radius 2 is 2.33 bits per heavy atom. The highest BCUT2D eigenvalue weighted by Crippen LogP contribution is 2.27. The van der Waals surface area contributed by atoms with E-state index in [2.05, 4.69) is 14.9 Å². The Balaban J connectivity index is 2.12. The molecule has 98 valence electrons. The lowest BCUT2D eigenvalue weighted by Gasteiger charge is -2.34. The second-order valence-electron chi connectivity index (χ2n) is 4.71. The maximum Gasteiger partial charge on any atom is 0.226 e. The lowest BCUT2D eigenvalue weighted by molar-refractivity contribution is -0.133. The molecule has 0 aliphatic carbocycles. The maximum atomic E-state index is 12.0. The third-order valence-corrected chi connectivity index (χ3v) is 3.43. The molecule has 1 aliphatic heterocycles. The van der Waals surface area contributed by atoms with Crippen molar-refractivity contribution in [2.75, 3.05) is 32.1 Å². The summed E-state index contributed by atoms with van der Waals surface area (Å²) < 4.78 is 0. The Morgan fingerprint density at radius 1 is 1.56 bits per heavy atom. The number of hydrogen-bond donors (Lipinski definition) is 0. The highest BCUT2D eigenvalue weighted by Gasteiger charge is 2.28. The first-order valence-electron chi connectivity index (χ1n) is 6.01. The molecule has 1 saturated heterocycles. The minimum absolute atomic E-state index is 0.0276. The summed E-state index contributed by atoms with van der Waals surface area (Å²) in [6.07, 6.45) is 4.97. The van der Waals surface area contributed by atoms with E-state index >= 15 is 0 Å². The maximum absolute atomic E-state index is 12.0.